The Hall–Kier alpha value is -2.31. The first kappa shape index (κ1) is 14.7. The summed E-state index contributed by atoms with van der Waals surface area (Å²) in [5.74, 6) is -0.609. The summed E-state index contributed by atoms with van der Waals surface area (Å²) in [4.78, 5) is 22.8. The summed E-state index contributed by atoms with van der Waals surface area (Å²) >= 11 is 0. The molecule has 1 aromatic rings. The van der Waals surface area contributed by atoms with Gasteiger partial charge in [-0.1, -0.05) is 0 Å². The Bertz CT molecular complexity index is 487. The van der Waals surface area contributed by atoms with Gasteiger partial charge in [-0.3, -0.25) is 14.9 Å². The van der Waals surface area contributed by atoms with E-state index >= 15 is 0 Å². The number of carboxylic acids is 1. The van der Waals surface area contributed by atoms with Crippen molar-refractivity contribution in [2.24, 2.45) is 0 Å². The third-order valence-electron chi connectivity index (χ3n) is 2.62. The fraction of sp³-hybridized carbons (Fsp3) is 0.417. The second-order valence-corrected chi connectivity index (χ2v) is 4.23. The highest BCUT2D eigenvalue weighted by Gasteiger charge is 2.24. The molecule has 0 aromatic heterocycles. The van der Waals surface area contributed by atoms with Gasteiger partial charge >= 0.3 is 5.97 Å². The highest BCUT2D eigenvalue weighted by atomic mass is 16.6. The van der Waals surface area contributed by atoms with Crippen LogP contribution in [0.4, 0.5) is 11.4 Å². The highest BCUT2D eigenvalue weighted by molar-refractivity contribution is 5.77. The average Bonchev–Trinajstić information content (AvgIpc) is 2.34. The number of ether oxygens (including phenoxy) is 1. The summed E-state index contributed by atoms with van der Waals surface area (Å²) in [6.45, 7) is 3.23. The maximum Gasteiger partial charge on any atom is 0.323 e. The molecule has 0 spiro atoms. The maximum atomic E-state index is 11.0. The van der Waals surface area contributed by atoms with E-state index in [1.54, 1.807) is 13.8 Å². The monoisotopic (exact) mass is 268 g/mol. The van der Waals surface area contributed by atoms with Crippen molar-refractivity contribution < 1.29 is 19.6 Å². The average molecular weight is 268 g/mol. The minimum atomic E-state index is -1.05. The number of rotatable bonds is 6. The van der Waals surface area contributed by atoms with Gasteiger partial charge in [-0.2, -0.15) is 0 Å². The Kier molecular flexibility index (Phi) is 4.68. The van der Waals surface area contributed by atoms with E-state index in [9.17, 15) is 14.9 Å². The van der Waals surface area contributed by atoms with Crippen LogP contribution in [0, 0.1) is 10.1 Å². The Morgan fingerprint density at radius 2 is 2.16 bits per heavy atom. The Labute approximate surface area is 110 Å². The summed E-state index contributed by atoms with van der Waals surface area (Å²) in [6.07, 6.45) is 0. The topological polar surface area (TPSA) is 92.9 Å². The molecule has 104 valence electrons. The maximum absolute atomic E-state index is 11.0. The number of hydrogen-bond acceptors (Lipinski definition) is 5. The van der Waals surface area contributed by atoms with E-state index in [4.69, 9.17) is 9.84 Å². The molecule has 1 N–H and O–H groups in total. The predicted molar refractivity (Wildman–Crippen MR) is 69.8 cm³/mol. The zero-order valence-electron chi connectivity index (χ0n) is 11.0. The molecular formula is C12H16N2O5. The quantitative estimate of drug-likeness (QED) is 0.625. The number of nitro benzene ring substituents is 1. The fourth-order valence-electron chi connectivity index (χ4n) is 1.71. The molecule has 0 amide bonds. The van der Waals surface area contributed by atoms with Gasteiger partial charge in [0.15, 0.2) is 0 Å². The molecule has 0 radical (unpaired) electrons. The lowest BCUT2D eigenvalue weighted by molar-refractivity contribution is -0.384. The third kappa shape index (κ3) is 3.57. The van der Waals surface area contributed by atoms with Crippen molar-refractivity contribution in [2.45, 2.75) is 19.9 Å². The van der Waals surface area contributed by atoms with E-state index in [2.05, 4.69) is 0 Å². The Morgan fingerprint density at radius 1 is 1.53 bits per heavy atom. The van der Waals surface area contributed by atoms with E-state index in [0.29, 0.717) is 5.75 Å². The zero-order chi connectivity index (χ0) is 14.6. The van der Waals surface area contributed by atoms with E-state index in [0.717, 1.165) is 0 Å². The van der Waals surface area contributed by atoms with Crippen molar-refractivity contribution in [1.82, 2.24) is 0 Å². The largest absolute Gasteiger partial charge is 0.497 e. The number of nitrogens with zero attached hydrogens (tertiary/aromatic N) is 2. The molecular weight excluding hydrogens is 252 g/mol. The first-order valence-corrected chi connectivity index (χ1v) is 5.67. The van der Waals surface area contributed by atoms with Gasteiger partial charge in [0.1, 0.15) is 18.0 Å². The summed E-state index contributed by atoms with van der Waals surface area (Å²) in [5.41, 5.74) is 0.0949. The van der Waals surface area contributed by atoms with Crippen LogP contribution in [0.5, 0.6) is 5.75 Å². The normalized spacial score (nSPS) is 10.3. The second kappa shape index (κ2) is 6.03. The zero-order valence-corrected chi connectivity index (χ0v) is 11.0. The molecule has 0 aliphatic heterocycles. The van der Waals surface area contributed by atoms with Crippen LogP contribution in [0.1, 0.15) is 13.8 Å². The molecule has 0 unspecified atom stereocenters. The molecule has 0 saturated heterocycles. The van der Waals surface area contributed by atoms with E-state index in [1.807, 2.05) is 0 Å². The molecule has 19 heavy (non-hydrogen) atoms. The first-order chi connectivity index (χ1) is 8.86. The van der Waals surface area contributed by atoms with Crippen molar-refractivity contribution in [3.05, 3.63) is 28.3 Å². The molecule has 0 atom stereocenters. The van der Waals surface area contributed by atoms with E-state index in [1.165, 1.54) is 30.2 Å². The van der Waals surface area contributed by atoms with Crippen molar-refractivity contribution in [2.75, 3.05) is 18.6 Å². The van der Waals surface area contributed by atoms with Crippen LogP contribution in [0.15, 0.2) is 18.2 Å². The molecule has 0 heterocycles. The predicted octanol–water partition coefficient (Wildman–Crippen LogP) is 1.90. The second-order valence-electron chi connectivity index (χ2n) is 4.23. The van der Waals surface area contributed by atoms with Crippen molar-refractivity contribution in [1.29, 1.82) is 0 Å². The lowest BCUT2D eigenvalue weighted by Gasteiger charge is -2.27. The SMILES string of the molecule is COc1ccc([N+](=O)[O-])c(N(CC(=O)O)C(C)C)c1. The summed E-state index contributed by atoms with van der Waals surface area (Å²) in [7, 11) is 1.45. The van der Waals surface area contributed by atoms with Crippen LogP contribution in [0.3, 0.4) is 0 Å². The van der Waals surface area contributed by atoms with Crippen LogP contribution in [0.25, 0.3) is 0 Å². The standard InChI is InChI=1S/C12H16N2O5/c1-8(2)13(7-12(15)16)11-6-9(19-3)4-5-10(11)14(17)18/h4-6,8H,7H2,1-3H3,(H,15,16). The number of anilines is 1. The first-order valence-electron chi connectivity index (χ1n) is 5.67. The van der Waals surface area contributed by atoms with Gasteiger partial charge in [-0.05, 0) is 19.9 Å². The van der Waals surface area contributed by atoms with Gasteiger partial charge in [0, 0.05) is 18.2 Å². The molecule has 0 aliphatic rings. The van der Waals surface area contributed by atoms with Crippen LogP contribution >= 0.6 is 0 Å². The number of hydrogen-bond donors (Lipinski definition) is 1. The van der Waals surface area contributed by atoms with Gasteiger partial charge in [0.05, 0.1) is 12.0 Å². The molecule has 1 aromatic carbocycles. The fourth-order valence-corrected chi connectivity index (χ4v) is 1.71. The van der Waals surface area contributed by atoms with Crippen LogP contribution < -0.4 is 9.64 Å². The van der Waals surface area contributed by atoms with Gasteiger partial charge < -0.3 is 14.7 Å². The van der Waals surface area contributed by atoms with Crippen LogP contribution in [-0.2, 0) is 4.79 Å². The van der Waals surface area contributed by atoms with Crippen molar-refractivity contribution in [3.63, 3.8) is 0 Å². The third-order valence-corrected chi connectivity index (χ3v) is 2.62. The smallest absolute Gasteiger partial charge is 0.323 e. The van der Waals surface area contributed by atoms with Gasteiger partial charge in [0.2, 0.25) is 0 Å². The summed E-state index contributed by atoms with van der Waals surface area (Å²) in [6, 6.07) is 4.06. The number of methoxy groups -OCH3 is 1. The molecule has 7 nitrogen and oxygen atoms in total. The Morgan fingerprint density at radius 3 is 2.58 bits per heavy atom. The van der Waals surface area contributed by atoms with E-state index < -0.39 is 10.9 Å². The molecule has 0 bridgehead atoms. The van der Waals surface area contributed by atoms with Gasteiger partial charge in [-0.25, -0.2) is 0 Å². The molecule has 0 fully saturated rings. The number of nitro groups is 1. The van der Waals surface area contributed by atoms with Gasteiger partial charge in [-0.15, -0.1) is 0 Å². The van der Waals surface area contributed by atoms with Crippen LogP contribution in [0.2, 0.25) is 0 Å². The minimum Gasteiger partial charge on any atom is -0.497 e. The molecule has 7 heteroatoms. The molecule has 1 rings (SSSR count). The van der Waals surface area contributed by atoms with Crippen LogP contribution in [-0.4, -0.2) is 35.7 Å². The molecule has 0 saturated carbocycles. The Balaban J connectivity index is 3.32. The number of carbonyl (C=O) groups is 1. The van der Waals surface area contributed by atoms with Crippen molar-refractivity contribution in [3.8, 4) is 5.75 Å². The van der Waals surface area contributed by atoms with Gasteiger partial charge in [0.25, 0.3) is 5.69 Å². The minimum absolute atomic E-state index is 0.143. The molecule has 0 aliphatic carbocycles. The number of carboxylic acid groups (broad SMARTS) is 1. The van der Waals surface area contributed by atoms with Crippen molar-refractivity contribution >= 4 is 17.3 Å². The van der Waals surface area contributed by atoms with E-state index in [-0.39, 0.29) is 24.0 Å². The lowest BCUT2D eigenvalue weighted by atomic mass is 10.2. The lowest BCUT2D eigenvalue weighted by Crippen LogP contribution is -2.36. The number of aliphatic carboxylic acids is 1. The summed E-state index contributed by atoms with van der Waals surface area (Å²) < 4.78 is 5.03. The number of benzene rings is 1. The summed E-state index contributed by atoms with van der Waals surface area (Å²) in [5, 5.41) is 19.9. The highest BCUT2D eigenvalue weighted by Crippen LogP contribution is 2.33.